The summed E-state index contributed by atoms with van der Waals surface area (Å²) in [6.07, 6.45) is 1.64. The van der Waals surface area contributed by atoms with Crippen molar-refractivity contribution in [2.24, 2.45) is 12.8 Å². The minimum Gasteiger partial charge on any atom is -0.330 e. The van der Waals surface area contributed by atoms with Crippen molar-refractivity contribution in [2.75, 3.05) is 6.54 Å². The van der Waals surface area contributed by atoms with E-state index in [4.69, 9.17) is 17.3 Å². The summed E-state index contributed by atoms with van der Waals surface area (Å²) in [5, 5.41) is 5.24. The predicted molar refractivity (Wildman–Crippen MR) is 87.2 cm³/mol. The second kappa shape index (κ2) is 6.74. The Morgan fingerprint density at radius 1 is 1.40 bits per heavy atom. The summed E-state index contributed by atoms with van der Waals surface area (Å²) in [4.78, 5) is 0. The highest BCUT2D eigenvalue weighted by atomic mass is 79.9. The smallest absolute Gasteiger partial charge is 0.0849 e. The highest BCUT2D eigenvalue weighted by molar-refractivity contribution is 9.10. The van der Waals surface area contributed by atoms with E-state index in [0.717, 1.165) is 33.7 Å². The summed E-state index contributed by atoms with van der Waals surface area (Å²) < 4.78 is 2.96. The molecule has 1 unspecified atom stereocenters. The summed E-state index contributed by atoms with van der Waals surface area (Å²) in [6, 6.07) is 8.19. The fourth-order valence-corrected chi connectivity index (χ4v) is 3.38. The quantitative estimate of drug-likeness (QED) is 0.888. The molecule has 0 aliphatic heterocycles. The number of aromatic nitrogens is 2. The highest BCUT2D eigenvalue weighted by Gasteiger charge is 2.19. The van der Waals surface area contributed by atoms with E-state index in [1.54, 1.807) is 0 Å². The van der Waals surface area contributed by atoms with Gasteiger partial charge in [-0.3, -0.25) is 4.68 Å². The van der Waals surface area contributed by atoms with Crippen molar-refractivity contribution in [3.63, 3.8) is 0 Å². The minimum absolute atomic E-state index is 0.225. The van der Waals surface area contributed by atoms with E-state index in [9.17, 15) is 0 Å². The summed E-state index contributed by atoms with van der Waals surface area (Å²) in [7, 11) is 1.94. The Bertz CT molecular complexity index is 595. The number of nitrogens with two attached hydrogens (primary N) is 1. The van der Waals surface area contributed by atoms with Gasteiger partial charge in [-0.2, -0.15) is 5.10 Å². The van der Waals surface area contributed by atoms with Gasteiger partial charge in [0.25, 0.3) is 0 Å². The zero-order valence-corrected chi connectivity index (χ0v) is 14.1. The molecule has 0 bridgehead atoms. The maximum absolute atomic E-state index is 6.42. The molecule has 0 amide bonds. The average molecular weight is 357 g/mol. The maximum Gasteiger partial charge on any atom is 0.0849 e. The molecule has 5 heteroatoms. The first kappa shape index (κ1) is 15.5. The van der Waals surface area contributed by atoms with Crippen LogP contribution in [-0.4, -0.2) is 16.3 Å². The lowest BCUT2D eigenvalue weighted by molar-refractivity contribution is 0.626. The Hall–Kier alpha value is -0.840. The topological polar surface area (TPSA) is 43.8 Å². The minimum atomic E-state index is 0.225. The van der Waals surface area contributed by atoms with Crippen LogP contribution < -0.4 is 5.73 Å². The van der Waals surface area contributed by atoms with Crippen LogP contribution in [-0.2, 0) is 19.9 Å². The summed E-state index contributed by atoms with van der Waals surface area (Å²) in [5.41, 5.74) is 9.18. The van der Waals surface area contributed by atoms with Crippen molar-refractivity contribution in [1.82, 2.24) is 9.78 Å². The molecule has 2 aromatic rings. The molecular weight excluding hydrogens is 338 g/mol. The molecule has 3 nitrogen and oxygen atoms in total. The second-order valence-corrected chi connectivity index (χ2v) is 6.08. The third kappa shape index (κ3) is 3.08. The van der Waals surface area contributed by atoms with E-state index < -0.39 is 0 Å². The first-order chi connectivity index (χ1) is 9.58. The van der Waals surface area contributed by atoms with Crippen molar-refractivity contribution in [3.05, 3.63) is 50.7 Å². The molecule has 2 N–H and O–H groups in total. The van der Waals surface area contributed by atoms with Crippen LogP contribution in [0.1, 0.15) is 29.8 Å². The Labute approximate surface area is 133 Å². The Morgan fingerprint density at radius 3 is 2.65 bits per heavy atom. The van der Waals surface area contributed by atoms with Gasteiger partial charge in [-0.25, -0.2) is 0 Å². The first-order valence-electron chi connectivity index (χ1n) is 6.73. The molecule has 20 heavy (non-hydrogen) atoms. The molecule has 1 heterocycles. The van der Waals surface area contributed by atoms with Gasteiger partial charge in [0.05, 0.1) is 16.4 Å². The monoisotopic (exact) mass is 355 g/mol. The van der Waals surface area contributed by atoms with E-state index in [1.807, 2.05) is 29.9 Å². The fourth-order valence-electron chi connectivity index (χ4n) is 2.40. The first-order valence-corrected chi connectivity index (χ1v) is 7.90. The van der Waals surface area contributed by atoms with E-state index in [0.29, 0.717) is 6.54 Å². The van der Waals surface area contributed by atoms with Crippen LogP contribution >= 0.6 is 27.5 Å². The molecule has 0 saturated heterocycles. The lowest BCUT2D eigenvalue weighted by Gasteiger charge is -2.17. The van der Waals surface area contributed by atoms with E-state index in [1.165, 1.54) is 5.56 Å². The van der Waals surface area contributed by atoms with Gasteiger partial charge in [-0.1, -0.05) is 52.7 Å². The average Bonchev–Trinajstić information content (AvgIpc) is 2.72. The molecule has 0 radical (unpaired) electrons. The Balaban J connectivity index is 2.32. The number of hydrogen-bond acceptors (Lipinski definition) is 2. The lowest BCUT2D eigenvalue weighted by atomic mass is 9.94. The van der Waals surface area contributed by atoms with Gasteiger partial charge < -0.3 is 5.73 Å². The zero-order chi connectivity index (χ0) is 14.7. The molecule has 1 atom stereocenters. The summed E-state index contributed by atoms with van der Waals surface area (Å²) >= 11 is 10.0. The molecule has 0 fully saturated rings. The van der Waals surface area contributed by atoms with Crippen molar-refractivity contribution in [3.8, 4) is 0 Å². The molecule has 1 aromatic heterocycles. The van der Waals surface area contributed by atoms with Crippen molar-refractivity contribution < 1.29 is 0 Å². The molecule has 0 aliphatic carbocycles. The zero-order valence-electron chi connectivity index (χ0n) is 11.7. The largest absolute Gasteiger partial charge is 0.330 e. The fraction of sp³-hybridized carbons (Fsp3) is 0.400. The van der Waals surface area contributed by atoms with Crippen LogP contribution in [0, 0.1) is 0 Å². The van der Waals surface area contributed by atoms with Gasteiger partial charge in [0.2, 0.25) is 0 Å². The molecule has 0 aliphatic rings. The Kier molecular flexibility index (Phi) is 5.24. The number of hydrogen-bond donors (Lipinski definition) is 1. The molecule has 1 aromatic carbocycles. The molecule has 108 valence electrons. The number of aryl methyl sites for hydroxylation is 2. The van der Waals surface area contributed by atoms with Gasteiger partial charge in [0.1, 0.15) is 0 Å². The maximum atomic E-state index is 6.42. The normalized spacial score (nSPS) is 12.7. The van der Waals surface area contributed by atoms with Gasteiger partial charge >= 0.3 is 0 Å². The third-order valence-electron chi connectivity index (χ3n) is 3.57. The van der Waals surface area contributed by atoms with Crippen LogP contribution in [0.4, 0.5) is 0 Å². The van der Waals surface area contributed by atoms with Crippen LogP contribution in [0.25, 0.3) is 0 Å². The van der Waals surface area contributed by atoms with Gasteiger partial charge in [0.15, 0.2) is 0 Å². The van der Waals surface area contributed by atoms with Gasteiger partial charge in [-0.05, 0) is 31.0 Å². The Morgan fingerprint density at radius 2 is 2.10 bits per heavy atom. The van der Waals surface area contributed by atoms with Crippen molar-refractivity contribution in [2.45, 2.75) is 25.7 Å². The van der Waals surface area contributed by atoms with Gasteiger partial charge in [0, 0.05) is 17.4 Å². The van der Waals surface area contributed by atoms with Crippen molar-refractivity contribution in [1.29, 1.82) is 0 Å². The molecule has 2 rings (SSSR count). The van der Waals surface area contributed by atoms with Crippen LogP contribution in [0.2, 0.25) is 5.02 Å². The standard InChI is InChI=1S/C15H19BrClN3/c1-3-13-15(17)14(20(2)19-13)8-10(9-18)11-6-4-5-7-12(11)16/h4-7,10H,3,8-9,18H2,1-2H3. The van der Waals surface area contributed by atoms with E-state index >= 15 is 0 Å². The number of benzene rings is 1. The van der Waals surface area contributed by atoms with Gasteiger partial charge in [-0.15, -0.1) is 0 Å². The van der Waals surface area contributed by atoms with E-state index in [-0.39, 0.29) is 5.92 Å². The highest BCUT2D eigenvalue weighted by Crippen LogP contribution is 2.30. The number of halogens is 2. The van der Waals surface area contributed by atoms with Crippen molar-refractivity contribution >= 4 is 27.5 Å². The summed E-state index contributed by atoms with van der Waals surface area (Å²) in [5.74, 6) is 0.225. The number of rotatable bonds is 5. The lowest BCUT2D eigenvalue weighted by Crippen LogP contribution is -2.17. The molecule has 0 spiro atoms. The van der Waals surface area contributed by atoms with E-state index in [2.05, 4.69) is 34.0 Å². The van der Waals surface area contributed by atoms with Crippen LogP contribution in [0.5, 0.6) is 0 Å². The van der Waals surface area contributed by atoms with Crippen LogP contribution in [0.15, 0.2) is 28.7 Å². The molecule has 0 saturated carbocycles. The molecular formula is C15H19BrClN3. The predicted octanol–water partition coefficient (Wildman–Crippen LogP) is 3.68. The second-order valence-electron chi connectivity index (χ2n) is 4.84. The summed E-state index contributed by atoms with van der Waals surface area (Å²) in [6.45, 7) is 2.64. The third-order valence-corrected chi connectivity index (χ3v) is 4.73. The van der Waals surface area contributed by atoms with Crippen LogP contribution in [0.3, 0.4) is 0 Å². The number of nitrogens with zero attached hydrogens (tertiary/aromatic N) is 2. The SMILES string of the molecule is CCc1nn(C)c(CC(CN)c2ccccc2Br)c1Cl.